The van der Waals surface area contributed by atoms with Crippen LogP contribution in [0.4, 0.5) is 5.82 Å². The van der Waals surface area contributed by atoms with E-state index in [2.05, 4.69) is 15.0 Å². The Morgan fingerprint density at radius 1 is 1.53 bits per heavy atom. The number of nitrogens with zero attached hydrogens (tertiary/aromatic N) is 1. The lowest BCUT2D eigenvalue weighted by Crippen LogP contribution is -2.37. The molecule has 0 aliphatic heterocycles. The van der Waals surface area contributed by atoms with Gasteiger partial charge < -0.3 is 11.1 Å². The van der Waals surface area contributed by atoms with E-state index in [9.17, 15) is 13.2 Å². The Bertz CT molecular complexity index is 601. The van der Waals surface area contributed by atoms with Gasteiger partial charge in [-0.15, -0.1) is 0 Å². The fraction of sp³-hybridized carbons (Fsp3) is 0.400. The largest absolute Gasteiger partial charge is 0.382 e. The molecule has 0 bridgehead atoms. The first kappa shape index (κ1) is 14.0. The highest BCUT2D eigenvalue weighted by atomic mass is 35.5. The highest BCUT2D eigenvalue weighted by molar-refractivity contribution is 7.89. The molecule has 0 atom stereocenters. The Balaban J connectivity index is 2.00. The molecule has 1 saturated carbocycles. The van der Waals surface area contributed by atoms with E-state index in [1.807, 2.05) is 0 Å². The minimum atomic E-state index is -3.82. The molecule has 0 unspecified atom stereocenters. The number of carbonyl (C=O) groups excluding carboxylic acids is 1. The first-order chi connectivity index (χ1) is 8.88. The highest BCUT2D eigenvalue weighted by Gasteiger charge is 2.24. The maximum Gasteiger partial charge on any atom is 0.242 e. The summed E-state index contributed by atoms with van der Waals surface area (Å²) in [6.07, 6.45) is 2.97. The number of rotatable bonds is 5. The van der Waals surface area contributed by atoms with Gasteiger partial charge in [0.25, 0.3) is 0 Å². The molecule has 7 nitrogen and oxygen atoms in total. The van der Waals surface area contributed by atoms with Crippen LogP contribution >= 0.6 is 11.6 Å². The van der Waals surface area contributed by atoms with Gasteiger partial charge in [-0.2, -0.15) is 0 Å². The minimum absolute atomic E-state index is 0.0466. The second-order valence-corrected chi connectivity index (χ2v) is 6.38. The van der Waals surface area contributed by atoms with E-state index in [-0.39, 0.29) is 34.2 Å². The van der Waals surface area contributed by atoms with Crippen molar-refractivity contribution in [3.8, 4) is 0 Å². The van der Waals surface area contributed by atoms with Gasteiger partial charge in [-0.05, 0) is 18.9 Å². The number of halogens is 1. The number of nitrogens with one attached hydrogen (secondary N) is 2. The average Bonchev–Trinajstić information content (AvgIpc) is 3.14. The molecule has 1 aliphatic rings. The summed E-state index contributed by atoms with van der Waals surface area (Å²) in [6, 6.07) is 1.37. The van der Waals surface area contributed by atoms with E-state index in [0.717, 1.165) is 19.0 Å². The van der Waals surface area contributed by atoms with Gasteiger partial charge >= 0.3 is 0 Å². The standard InChI is InChI=1S/C10H13ClN4O3S/c11-8-3-7(4-13-10(8)12)19(17,18)14-5-9(16)15-6-1-2-6/h3-4,6,14H,1-2,5H2,(H2,12,13)(H,15,16). The van der Waals surface area contributed by atoms with Crippen LogP contribution in [-0.2, 0) is 14.8 Å². The third kappa shape index (κ3) is 3.79. The molecule has 1 aromatic heterocycles. The van der Waals surface area contributed by atoms with Crippen molar-refractivity contribution in [1.29, 1.82) is 0 Å². The Morgan fingerprint density at radius 3 is 2.79 bits per heavy atom. The van der Waals surface area contributed by atoms with Gasteiger partial charge in [0.05, 0.1) is 11.6 Å². The topological polar surface area (TPSA) is 114 Å². The lowest BCUT2D eigenvalue weighted by Gasteiger charge is -2.07. The number of aromatic nitrogens is 1. The molecule has 1 heterocycles. The van der Waals surface area contributed by atoms with E-state index < -0.39 is 10.0 Å². The van der Waals surface area contributed by atoms with Gasteiger partial charge in [0.2, 0.25) is 15.9 Å². The Morgan fingerprint density at radius 2 is 2.21 bits per heavy atom. The summed E-state index contributed by atoms with van der Waals surface area (Å²) >= 11 is 5.70. The predicted molar refractivity (Wildman–Crippen MR) is 70.0 cm³/mol. The molecular formula is C10H13ClN4O3S. The van der Waals surface area contributed by atoms with Crippen molar-refractivity contribution in [3.63, 3.8) is 0 Å². The van der Waals surface area contributed by atoms with Crippen molar-refractivity contribution >= 4 is 33.3 Å². The van der Waals surface area contributed by atoms with Gasteiger partial charge in [-0.3, -0.25) is 4.79 Å². The number of sulfonamides is 1. The van der Waals surface area contributed by atoms with Crippen LogP contribution < -0.4 is 15.8 Å². The Kier molecular flexibility index (Phi) is 3.93. The second kappa shape index (κ2) is 5.32. The molecule has 19 heavy (non-hydrogen) atoms. The summed E-state index contributed by atoms with van der Waals surface area (Å²) in [7, 11) is -3.82. The van der Waals surface area contributed by atoms with Crippen molar-refractivity contribution < 1.29 is 13.2 Å². The number of carbonyl (C=O) groups is 1. The van der Waals surface area contributed by atoms with E-state index in [4.69, 9.17) is 17.3 Å². The predicted octanol–water partition coefficient (Wildman–Crippen LogP) is -0.126. The molecule has 0 spiro atoms. The smallest absolute Gasteiger partial charge is 0.242 e. The molecule has 4 N–H and O–H groups in total. The van der Waals surface area contributed by atoms with Gasteiger partial charge in [0.1, 0.15) is 10.7 Å². The molecule has 0 aromatic carbocycles. The fourth-order valence-electron chi connectivity index (χ4n) is 1.33. The SMILES string of the molecule is Nc1ncc(S(=O)(=O)NCC(=O)NC2CC2)cc1Cl. The Labute approximate surface area is 115 Å². The third-order valence-corrected chi connectivity index (χ3v) is 4.19. The van der Waals surface area contributed by atoms with Crippen molar-refractivity contribution in [2.45, 2.75) is 23.8 Å². The van der Waals surface area contributed by atoms with Crippen LogP contribution in [-0.4, -0.2) is 31.9 Å². The van der Waals surface area contributed by atoms with Crippen molar-refractivity contribution in [3.05, 3.63) is 17.3 Å². The molecule has 1 aliphatic carbocycles. The number of pyridine rings is 1. The van der Waals surface area contributed by atoms with Gasteiger partial charge in [0, 0.05) is 12.2 Å². The molecular weight excluding hydrogens is 292 g/mol. The Hall–Kier alpha value is -1.38. The second-order valence-electron chi connectivity index (χ2n) is 4.20. The lowest BCUT2D eigenvalue weighted by atomic mass is 10.5. The van der Waals surface area contributed by atoms with Crippen LogP contribution in [0.25, 0.3) is 0 Å². The van der Waals surface area contributed by atoms with Crippen LogP contribution in [0.2, 0.25) is 5.02 Å². The van der Waals surface area contributed by atoms with Gasteiger partial charge in [-0.25, -0.2) is 18.1 Å². The monoisotopic (exact) mass is 304 g/mol. The van der Waals surface area contributed by atoms with Crippen LogP contribution in [0.1, 0.15) is 12.8 Å². The fourth-order valence-corrected chi connectivity index (χ4v) is 2.51. The van der Waals surface area contributed by atoms with Crippen LogP contribution in [0.3, 0.4) is 0 Å². The van der Waals surface area contributed by atoms with Crippen LogP contribution in [0.5, 0.6) is 0 Å². The maximum absolute atomic E-state index is 11.9. The van der Waals surface area contributed by atoms with Crippen LogP contribution in [0, 0.1) is 0 Å². The number of nitrogens with two attached hydrogens (primary N) is 1. The molecule has 104 valence electrons. The highest BCUT2D eigenvalue weighted by Crippen LogP contribution is 2.20. The number of hydrogen-bond acceptors (Lipinski definition) is 5. The first-order valence-corrected chi connectivity index (χ1v) is 7.44. The van der Waals surface area contributed by atoms with Crippen molar-refractivity contribution in [2.75, 3.05) is 12.3 Å². The third-order valence-electron chi connectivity index (χ3n) is 2.52. The van der Waals surface area contributed by atoms with Gasteiger partial charge in [0.15, 0.2) is 0 Å². The number of amides is 1. The zero-order valence-electron chi connectivity index (χ0n) is 9.89. The zero-order valence-corrected chi connectivity index (χ0v) is 11.5. The molecule has 0 radical (unpaired) electrons. The molecule has 0 saturated heterocycles. The molecule has 9 heteroatoms. The summed E-state index contributed by atoms with van der Waals surface area (Å²) in [4.78, 5) is 14.9. The minimum Gasteiger partial charge on any atom is -0.382 e. The summed E-state index contributed by atoms with van der Waals surface area (Å²) < 4.78 is 25.9. The van der Waals surface area contributed by atoms with E-state index >= 15 is 0 Å². The van der Waals surface area contributed by atoms with E-state index in [1.165, 1.54) is 6.07 Å². The molecule has 1 fully saturated rings. The number of hydrogen-bond donors (Lipinski definition) is 3. The maximum atomic E-state index is 11.9. The molecule has 1 amide bonds. The molecule has 1 aromatic rings. The summed E-state index contributed by atoms with van der Waals surface area (Å²) in [5.74, 6) is -0.312. The number of anilines is 1. The van der Waals surface area contributed by atoms with Crippen molar-refractivity contribution in [1.82, 2.24) is 15.0 Å². The summed E-state index contributed by atoms with van der Waals surface area (Å²) in [5.41, 5.74) is 5.39. The summed E-state index contributed by atoms with van der Waals surface area (Å²) in [5, 5.41) is 2.72. The normalized spacial score (nSPS) is 15.2. The lowest BCUT2D eigenvalue weighted by molar-refractivity contribution is -0.120. The molecule has 2 rings (SSSR count). The van der Waals surface area contributed by atoms with Crippen LogP contribution in [0.15, 0.2) is 17.2 Å². The summed E-state index contributed by atoms with van der Waals surface area (Å²) in [6.45, 7) is -0.319. The number of nitrogen functional groups attached to an aromatic ring is 1. The average molecular weight is 305 g/mol. The van der Waals surface area contributed by atoms with Crippen molar-refractivity contribution in [2.24, 2.45) is 0 Å². The van der Waals surface area contributed by atoms with E-state index in [1.54, 1.807) is 0 Å². The van der Waals surface area contributed by atoms with Gasteiger partial charge in [-0.1, -0.05) is 11.6 Å². The zero-order chi connectivity index (χ0) is 14.0. The first-order valence-electron chi connectivity index (χ1n) is 5.58. The quantitative estimate of drug-likeness (QED) is 0.701. The van der Waals surface area contributed by atoms with E-state index in [0.29, 0.717) is 0 Å².